The molecule has 0 aliphatic rings. The normalized spacial score (nSPS) is 14.9. The average Bonchev–Trinajstić information content (AvgIpc) is 2.77. The summed E-state index contributed by atoms with van der Waals surface area (Å²) in [6.45, 7) is 1.22. The Kier molecular flexibility index (Phi) is 11.3. The lowest BCUT2D eigenvalue weighted by atomic mass is 10.0. The minimum absolute atomic E-state index is 0.0881. The van der Waals surface area contributed by atoms with E-state index in [1.54, 1.807) is 0 Å². The maximum atomic E-state index is 12.9. The number of aliphatic hydroxyl groups excluding tert-OH is 1. The number of aliphatic carboxylic acids is 2. The van der Waals surface area contributed by atoms with Gasteiger partial charge in [-0.3, -0.25) is 24.0 Å². The molecule has 1 aromatic rings. The molecule has 5 atom stereocenters. The van der Waals surface area contributed by atoms with Gasteiger partial charge in [-0.15, -0.1) is 0 Å². The van der Waals surface area contributed by atoms with Crippen molar-refractivity contribution in [1.29, 1.82) is 0 Å². The molecule has 0 heterocycles. The summed E-state index contributed by atoms with van der Waals surface area (Å²) in [7, 11) is 0. The number of phenolic OH excluding ortho intramolecular Hbond substituents is 1. The Labute approximate surface area is 204 Å². The van der Waals surface area contributed by atoms with Gasteiger partial charge in [0, 0.05) is 6.42 Å². The third-order valence-corrected chi connectivity index (χ3v) is 4.86. The first kappa shape index (κ1) is 29.8. The van der Waals surface area contributed by atoms with Crippen molar-refractivity contribution in [1.82, 2.24) is 16.0 Å². The summed E-state index contributed by atoms with van der Waals surface area (Å²) in [6.07, 6.45) is -3.19. The fourth-order valence-electron chi connectivity index (χ4n) is 2.89. The van der Waals surface area contributed by atoms with Gasteiger partial charge >= 0.3 is 11.9 Å². The number of aromatic hydroxyl groups is 1. The van der Waals surface area contributed by atoms with Crippen LogP contribution < -0.4 is 27.4 Å². The zero-order valence-corrected chi connectivity index (χ0v) is 19.2. The number of rotatable bonds is 14. The Morgan fingerprint density at radius 1 is 0.833 bits per heavy atom. The van der Waals surface area contributed by atoms with Crippen molar-refractivity contribution in [3.8, 4) is 5.75 Å². The van der Waals surface area contributed by atoms with Crippen molar-refractivity contribution in [2.75, 3.05) is 0 Å². The molecule has 0 saturated heterocycles. The van der Waals surface area contributed by atoms with Crippen LogP contribution in [0.1, 0.15) is 25.3 Å². The number of phenols is 1. The van der Waals surface area contributed by atoms with Gasteiger partial charge < -0.3 is 47.8 Å². The van der Waals surface area contributed by atoms with E-state index < -0.39 is 78.7 Å². The third-order valence-electron chi connectivity index (χ3n) is 4.86. The number of hydrogen-bond acceptors (Lipinski definition) is 9. The first-order valence-corrected chi connectivity index (χ1v) is 10.6. The summed E-state index contributed by atoms with van der Waals surface area (Å²) in [6, 6.07) is -0.958. The van der Waals surface area contributed by atoms with Crippen LogP contribution in [0.4, 0.5) is 0 Å². The van der Waals surface area contributed by atoms with Gasteiger partial charge in [0.15, 0.2) is 0 Å². The van der Waals surface area contributed by atoms with E-state index in [1.807, 2.05) is 5.32 Å². The van der Waals surface area contributed by atoms with E-state index in [4.69, 9.17) is 16.6 Å². The van der Waals surface area contributed by atoms with Gasteiger partial charge in [-0.05, 0) is 24.6 Å². The predicted molar refractivity (Wildman–Crippen MR) is 121 cm³/mol. The van der Waals surface area contributed by atoms with Crippen LogP contribution in [0.15, 0.2) is 24.3 Å². The molecule has 15 nitrogen and oxygen atoms in total. The average molecular weight is 511 g/mol. The summed E-state index contributed by atoms with van der Waals surface area (Å²) in [5.74, 6) is -7.34. The van der Waals surface area contributed by atoms with Crippen LogP contribution in [-0.2, 0) is 35.2 Å². The van der Waals surface area contributed by atoms with E-state index in [9.17, 15) is 44.1 Å². The number of primary amides is 1. The molecule has 0 spiro atoms. The SMILES string of the molecule is CC(O)C(N)C(=O)NC(CC(N)=O)C(=O)NC(Cc1ccc(O)cc1)C(=O)NC(CC(=O)O)C(=O)O. The van der Waals surface area contributed by atoms with Gasteiger partial charge in [-0.25, -0.2) is 4.79 Å². The van der Waals surface area contributed by atoms with Crippen molar-refractivity contribution in [3.05, 3.63) is 29.8 Å². The van der Waals surface area contributed by atoms with Gasteiger partial charge in [0.05, 0.1) is 18.9 Å². The number of nitrogens with one attached hydrogen (secondary N) is 3. The molecule has 198 valence electrons. The molecular weight excluding hydrogens is 482 g/mol. The molecule has 4 amide bonds. The van der Waals surface area contributed by atoms with Crippen LogP contribution in [0.3, 0.4) is 0 Å². The number of amides is 4. The van der Waals surface area contributed by atoms with Crippen molar-refractivity contribution in [2.24, 2.45) is 11.5 Å². The summed E-state index contributed by atoms with van der Waals surface area (Å²) >= 11 is 0. The van der Waals surface area contributed by atoms with Gasteiger partial charge in [-0.1, -0.05) is 12.1 Å². The molecule has 0 saturated carbocycles. The van der Waals surface area contributed by atoms with Crippen molar-refractivity contribution >= 4 is 35.6 Å². The highest BCUT2D eigenvalue weighted by molar-refractivity contribution is 5.96. The number of carboxylic acid groups (broad SMARTS) is 2. The van der Waals surface area contributed by atoms with Crippen LogP contribution in [-0.4, -0.2) is 86.3 Å². The fraction of sp³-hybridized carbons (Fsp3) is 0.429. The molecule has 0 aliphatic carbocycles. The van der Waals surface area contributed by atoms with Crippen molar-refractivity contribution in [3.63, 3.8) is 0 Å². The first-order valence-electron chi connectivity index (χ1n) is 10.6. The lowest BCUT2D eigenvalue weighted by molar-refractivity contribution is -0.147. The topological polar surface area (TPSA) is 271 Å². The Balaban J connectivity index is 3.19. The molecule has 5 unspecified atom stereocenters. The smallest absolute Gasteiger partial charge is 0.326 e. The van der Waals surface area contributed by atoms with E-state index in [2.05, 4.69) is 10.6 Å². The molecule has 15 heteroatoms. The highest BCUT2D eigenvalue weighted by atomic mass is 16.4. The zero-order valence-electron chi connectivity index (χ0n) is 19.2. The first-order chi connectivity index (χ1) is 16.7. The monoisotopic (exact) mass is 511 g/mol. The number of nitrogens with two attached hydrogens (primary N) is 2. The van der Waals surface area contributed by atoms with Crippen LogP contribution >= 0.6 is 0 Å². The van der Waals surface area contributed by atoms with E-state index in [0.717, 1.165) is 0 Å². The molecule has 0 fully saturated rings. The Morgan fingerprint density at radius 2 is 1.33 bits per heavy atom. The number of carbonyl (C=O) groups excluding carboxylic acids is 4. The van der Waals surface area contributed by atoms with E-state index >= 15 is 0 Å². The summed E-state index contributed by atoms with van der Waals surface area (Å²) < 4.78 is 0. The van der Waals surface area contributed by atoms with Gasteiger partial charge in [0.25, 0.3) is 0 Å². The Hall–Kier alpha value is -4.24. The quantitative estimate of drug-likeness (QED) is 0.118. The zero-order chi connectivity index (χ0) is 27.6. The summed E-state index contributed by atoms with van der Waals surface area (Å²) in [4.78, 5) is 71.7. The maximum absolute atomic E-state index is 12.9. The van der Waals surface area contributed by atoms with E-state index in [-0.39, 0.29) is 12.2 Å². The van der Waals surface area contributed by atoms with E-state index in [1.165, 1.54) is 31.2 Å². The standard InChI is InChI=1S/C21H29N5O10/c1-9(27)17(23)20(34)25-13(7-15(22)29)19(33)24-12(6-10-2-4-11(28)5-3-10)18(32)26-14(21(35)36)8-16(30)31/h2-5,9,12-14,17,27-28H,6-8,23H2,1H3,(H2,22,29)(H,24,33)(H,25,34)(H,26,32)(H,30,31)(H,35,36). The molecule has 36 heavy (non-hydrogen) atoms. The Bertz CT molecular complexity index is 982. The molecule has 0 radical (unpaired) electrons. The Morgan fingerprint density at radius 3 is 1.81 bits per heavy atom. The number of carboxylic acids is 2. The van der Waals surface area contributed by atoms with Gasteiger partial charge in [-0.2, -0.15) is 0 Å². The van der Waals surface area contributed by atoms with Crippen molar-refractivity contribution < 1.29 is 49.2 Å². The van der Waals surface area contributed by atoms with Crippen LogP contribution in [0.2, 0.25) is 0 Å². The maximum Gasteiger partial charge on any atom is 0.326 e. The fourth-order valence-corrected chi connectivity index (χ4v) is 2.89. The lowest BCUT2D eigenvalue weighted by Crippen LogP contribution is -2.59. The van der Waals surface area contributed by atoms with Crippen LogP contribution in [0, 0.1) is 0 Å². The number of hydrogen-bond donors (Lipinski definition) is 9. The number of benzene rings is 1. The predicted octanol–water partition coefficient (Wildman–Crippen LogP) is -3.47. The lowest BCUT2D eigenvalue weighted by Gasteiger charge is -2.25. The summed E-state index contributed by atoms with van der Waals surface area (Å²) in [5.41, 5.74) is 11.1. The second-order valence-electron chi connectivity index (χ2n) is 7.93. The highest BCUT2D eigenvalue weighted by Gasteiger charge is 2.32. The van der Waals surface area contributed by atoms with Gasteiger partial charge in [0.2, 0.25) is 23.6 Å². The highest BCUT2D eigenvalue weighted by Crippen LogP contribution is 2.12. The second-order valence-corrected chi connectivity index (χ2v) is 7.93. The largest absolute Gasteiger partial charge is 0.508 e. The second kappa shape index (κ2) is 13.6. The number of aliphatic hydroxyl groups is 1. The molecular formula is C21H29N5O10. The minimum atomic E-state index is -1.82. The van der Waals surface area contributed by atoms with E-state index in [0.29, 0.717) is 5.56 Å². The van der Waals surface area contributed by atoms with Crippen LogP contribution in [0.25, 0.3) is 0 Å². The molecule has 0 bridgehead atoms. The number of carbonyl (C=O) groups is 6. The molecule has 1 rings (SSSR count). The van der Waals surface area contributed by atoms with Gasteiger partial charge in [0.1, 0.15) is 29.9 Å². The van der Waals surface area contributed by atoms with Crippen molar-refractivity contribution in [2.45, 2.75) is 56.5 Å². The summed E-state index contributed by atoms with van der Waals surface area (Å²) in [5, 5.41) is 43.5. The molecule has 0 aliphatic heterocycles. The molecule has 11 N–H and O–H groups in total. The van der Waals surface area contributed by atoms with Crippen LogP contribution in [0.5, 0.6) is 5.75 Å². The third kappa shape index (κ3) is 9.94. The minimum Gasteiger partial charge on any atom is -0.508 e. The molecule has 1 aromatic carbocycles. The molecule has 0 aromatic heterocycles.